The molecule has 0 unspecified atom stereocenters. The second kappa shape index (κ2) is 4.61. The molecule has 16 heavy (non-hydrogen) atoms. The first-order chi connectivity index (χ1) is 7.50. The van der Waals surface area contributed by atoms with Crippen molar-refractivity contribution in [3.05, 3.63) is 0 Å². The summed E-state index contributed by atoms with van der Waals surface area (Å²) in [7, 11) is 1.58. The maximum absolute atomic E-state index is 11.6. The molecular formula is C11H17NO2S2. The molecule has 0 aromatic rings. The third-order valence-electron chi connectivity index (χ3n) is 3.23. The van der Waals surface area contributed by atoms with E-state index in [4.69, 9.17) is 0 Å². The molecule has 3 nitrogen and oxygen atoms in total. The highest BCUT2D eigenvalue weighted by molar-refractivity contribution is 8.21. The lowest BCUT2D eigenvalue weighted by Crippen LogP contribution is -2.41. The van der Waals surface area contributed by atoms with Gasteiger partial charge in [-0.3, -0.25) is 14.5 Å². The van der Waals surface area contributed by atoms with Crippen molar-refractivity contribution >= 4 is 35.3 Å². The summed E-state index contributed by atoms with van der Waals surface area (Å²) in [5.74, 6) is 2.60. The van der Waals surface area contributed by atoms with Crippen LogP contribution in [0.5, 0.6) is 0 Å². The maximum atomic E-state index is 11.6. The van der Waals surface area contributed by atoms with Crippen molar-refractivity contribution in [3.8, 4) is 0 Å². The van der Waals surface area contributed by atoms with Crippen LogP contribution >= 0.6 is 23.5 Å². The van der Waals surface area contributed by atoms with Gasteiger partial charge in [0.05, 0.1) is 4.08 Å². The predicted molar refractivity (Wildman–Crippen MR) is 68.4 cm³/mol. The summed E-state index contributed by atoms with van der Waals surface area (Å²) in [6, 6.07) is 0. The van der Waals surface area contributed by atoms with Crippen LogP contribution in [0.25, 0.3) is 0 Å². The Morgan fingerprint density at radius 1 is 1.25 bits per heavy atom. The summed E-state index contributed by atoms with van der Waals surface area (Å²) in [6.07, 6.45) is 2.06. The zero-order valence-corrected chi connectivity index (χ0v) is 11.3. The highest BCUT2D eigenvalue weighted by atomic mass is 32.2. The molecule has 0 aliphatic carbocycles. The fourth-order valence-electron chi connectivity index (χ4n) is 2.32. The molecule has 2 aliphatic heterocycles. The van der Waals surface area contributed by atoms with E-state index in [-0.39, 0.29) is 21.8 Å². The SMILES string of the molecule is CN1C(=O)CC(CC2(C)SCCS2)CC1=O. The van der Waals surface area contributed by atoms with Crippen molar-refractivity contribution in [2.24, 2.45) is 5.92 Å². The quantitative estimate of drug-likeness (QED) is 0.711. The first kappa shape index (κ1) is 12.3. The number of amides is 2. The number of rotatable bonds is 2. The van der Waals surface area contributed by atoms with Gasteiger partial charge in [-0.2, -0.15) is 0 Å². The van der Waals surface area contributed by atoms with Gasteiger partial charge in [0.25, 0.3) is 0 Å². The number of carbonyl (C=O) groups excluding carboxylic acids is 2. The van der Waals surface area contributed by atoms with Crippen LogP contribution in [0.15, 0.2) is 0 Å². The first-order valence-corrected chi connectivity index (χ1v) is 7.54. The van der Waals surface area contributed by atoms with Gasteiger partial charge in [-0.25, -0.2) is 0 Å². The Hall–Kier alpha value is -0.160. The molecule has 0 N–H and O–H groups in total. The largest absolute Gasteiger partial charge is 0.286 e. The molecule has 2 saturated heterocycles. The van der Waals surface area contributed by atoms with Crippen molar-refractivity contribution in [2.75, 3.05) is 18.6 Å². The molecule has 0 saturated carbocycles. The van der Waals surface area contributed by atoms with E-state index in [1.807, 2.05) is 23.5 Å². The highest BCUT2D eigenvalue weighted by Crippen LogP contribution is 2.48. The van der Waals surface area contributed by atoms with Crippen LogP contribution in [0.1, 0.15) is 26.2 Å². The van der Waals surface area contributed by atoms with E-state index >= 15 is 0 Å². The first-order valence-electron chi connectivity index (χ1n) is 5.57. The summed E-state index contributed by atoms with van der Waals surface area (Å²) >= 11 is 3.94. The number of hydrogen-bond donors (Lipinski definition) is 0. The maximum Gasteiger partial charge on any atom is 0.229 e. The smallest absolute Gasteiger partial charge is 0.229 e. The van der Waals surface area contributed by atoms with Crippen LogP contribution in [0, 0.1) is 5.92 Å². The number of likely N-dealkylation sites (tertiary alicyclic amines) is 1. The molecule has 0 bridgehead atoms. The summed E-state index contributed by atoms with van der Waals surface area (Å²) < 4.78 is 0.223. The van der Waals surface area contributed by atoms with E-state index in [0.717, 1.165) is 6.42 Å². The molecule has 2 fully saturated rings. The summed E-state index contributed by atoms with van der Waals surface area (Å²) in [4.78, 5) is 24.4. The fraction of sp³-hybridized carbons (Fsp3) is 0.818. The van der Waals surface area contributed by atoms with E-state index in [1.54, 1.807) is 7.05 Å². The Balaban J connectivity index is 1.96. The predicted octanol–water partition coefficient (Wildman–Crippen LogP) is 1.97. The number of thioether (sulfide) groups is 2. The molecule has 0 atom stereocenters. The van der Waals surface area contributed by atoms with Crippen LogP contribution in [-0.4, -0.2) is 39.3 Å². The lowest BCUT2D eigenvalue weighted by atomic mass is 9.91. The van der Waals surface area contributed by atoms with Crippen LogP contribution in [0.2, 0.25) is 0 Å². The topological polar surface area (TPSA) is 37.4 Å². The van der Waals surface area contributed by atoms with E-state index in [9.17, 15) is 9.59 Å². The van der Waals surface area contributed by atoms with Crippen molar-refractivity contribution in [1.29, 1.82) is 0 Å². The minimum absolute atomic E-state index is 0.0159. The Morgan fingerprint density at radius 3 is 2.25 bits per heavy atom. The number of nitrogens with zero attached hydrogens (tertiary/aromatic N) is 1. The van der Waals surface area contributed by atoms with Gasteiger partial charge in [-0.1, -0.05) is 0 Å². The molecule has 5 heteroatoms. The molecule has 2 heterocycles. The van der Waals surface area contributed by atoms with E-state index < -0.39 is 0 Å². The van der Waals surface area contributed by atoms with Crippen molar-refractivity contribution in [3.63, 3.8) is 0 Å². The molecule has 90 valence electrons. The molecule has 2 rings (SSSR count). The van der Waals surface area contributed by atoms with E-state index in [0.29, 0.717) is 12.8 Å². The van der Waals surface area contributed by atoms with Gasteiger partial charge in [0.2, 0.25) is 11.8 Å². The van der Waals surface area contributed by atoms with Gasteiger partial charge in [-0.05, 0) is 19.3 Å². The third kappa shape index (κ3) is 2.56. The summed E-state index contributed by atoms with van der Waals surface area (Å²) in [6.45, 7) is 2.24. The van der Waals surface area contributed by atoms with Crippen molar-refractivity contribution < 1.29 is 9.59 Å². The van der Waals surface area contributed by atoms with Crippen LogP contribution < -0.4 is 0 Å². The normalized spacial score (nSPS) is 26.5. The average molecular weight is 259 g/mol. The van der Waals surface area contributed by atoms with Crippen LogP contribution in [0.3, 0.4) is 0 Å². The van der Waals surface area contributed by atoms with E-state index in [1.165, 1.54) is 16.4 Å². The minimum Gasteiger partial charge on any atom is -0.286 e. The lowest BCUT2D eigenvalue weighted by Gasteiger charge is -2.32. The number of carbonyl (C=O) groups is 2. The number of imide groups is 1. The van der Waals surface area contributed by atoms with Gasteiger partial charge in [-0.15, -0.1) is 23.5 Å². The zero-order valence-electron chi connectivity index (χ0n) is 9.69. The standard InChI is InChI=1S/C11H17NO2S2/c1-11(15-3-4-16-11)7-8-5-9(13)12(2)10(14)6-8/h8H,3-7H2,1-2H3. The number of hydrogen-bond acceptors (Lipinski definition) is 4. The number of piperidine rings is 1. The molecular weight excluding hydrogens is 242 g/mol. The molecule has 0 aromatic heterocycles. The fourth-order valence-corrected chi connectivity index (χ4v) is 5.39. The van der Waals surface area contributed by atoms with Crippen molar-refractivity contribution in [1.82, 2.24) is 4.90 Å². The molecule has 0 spiro atoms. The zero-order chi connectivity index (χ0) is 11.8. The van der Waals surface area contributed by atoms with Gasteiger partial charge >= 0.3 is 0 Å². The molecule has 2 amide bonds. The molecule has 2 aliphatic rings. The van der Waals surface area contributed by atoms with Gasteiger partial charge in [0.15, 0.2) is 0 Å². The molecule has 0 aromatic carbocycles. The van der Waals surface area contributed by atoms with Gasteiger partial charge in [0.1, 0.15) is 0 Å². The van der Waals surface area contributed by atoms with E-state index in [2.05, 4.69) is 6.92 Å². The second-order valence-electron chi connectivity index (χ2n) is 4.66. The Bertz CT molecular complexity index is 295. The van der Waals surface area contributed by atoms with Crippen molar-refractivity contribution in [2.45, 2.75) is 30.3 Å². The molecule has 0 radical (unpaired) electrons. The van der Waals surface area contributed by atoms with Gasteiger partial charge < -0.3 is 0 Å². The third-order valence-corrected chi connectivity index (χ3v) is 6.57. The highest BCUT2D eigenvalue weighted by Gasteiger charge is 2.37. The second-order valence-corrected chi connectivity index (χ2v) is 8.11. The summed E-state index contributed by atoms with van der Waals surface area (Å²) in [5.41, 5.74) is 0. The Labute approximate surface area is 105 Å². The monoisotopic (exact) mass is 259 g/mol. The Morgan fingerprint density at radius 2 is 1.75 bits per heavy atom. The Kier molecular flexibility index (Phi) is 3.54. The summed E-state index contributed by atoms with van der Waals surface area (Å²) in [5, 5.41) is 0. The van der Waals surface area contributed by atoms with Gasteiger partial charge in [0, 0.05) is 31.4 Å². The minimum atomic E-state index is -0.0159. The van der Waals surface area contributed by atoms with Crippen LogP contribution in [0.4, 0.5) is 0 Å². The lowest BCUT2D eigenvalue weighted by molar-refractivity contribution is -0.148. The van der Waals surface area contributed by atoms with Crippen LogP contribution in [-0.2, 0) is 9.59 Å². The average Bonchev–Trinajstić information content (AvgIpc) is 2.61.